The van der Waals surface area contributed by atoms with Crippen LogP contribution in [0.25, 0.3) is 0 Å². The van der Waals surface area contributed by atoms with Gasteiger partial charge < -0.3 is 0 Å². The summed E-state index contributed by atoms with van der Waals surface area (Å²) in [5.74, 6) is -1.38. The normalized spacial score (nSPS) is 14.6. The van der Waals surface area contributed by atoms with Crippen LogP contribution >= 0.6 is 0 Å². The SMILES string of the molecule is CCC/C(C)=C/C(F)=C(/F)CC. The summed E-state index contributed by atoms with van der Waals surface area (Å²) in [7, 11) is 0. The van der Waals surface area contributed by atoms with Crippen molar-refractivity contribution in [1.29, 1.82) is 0 Å². The Morgan fingerprint density at radius 1 is 1.25 bits per heavy atom. The Morgan fingerprint density at radius 3 is 2.25 bits per heavy atom. The summed E-state index contributed by atoms with van der Waals surface area (Å²) in [6.45, 7) is 5.42. The van der Waals surface area contributed by atoms with Crippen LogP contribution in [0.4, 0.5) is 8.78 Å². The maximum Gasteiger partial charge on any atom is 0.154 e. The van der Waals surface area contributed by atoms with E-state index in [1.165, 1.54) is 6.08 Å². The van der Waals surface area contributed by atoms with Crippen molar-refractivity contribution in [2.75, 3.05) is 0 Å². The fourth-order valence-electron chi connectivity index (χ4n) is 0.930. The highest BCUT2D eigenvalue weighted by molar-refractivity contribution is 5.19. The Bertz CT molecular complexity index is 190. The van der Waals surface area contributed by atoms with Gasteiger partial charge in [0.2, 0.25) is 0 Å². The van der Waals surface area contributed by atoms with Crippen molar-refractivity contribution in [3.63, 3.8) is 0 Å². The van der Waals surface area contributed by atoms with Gasteiger partial charge in [0.15, 0.2) is 5.83 Å². The second-order valence-corrected chi connectivity index (χ2v) is 2.85. The molecule has 0 atom stereocenters. The first-order valence-electron chi connectivity index (χ1n) is 4.33. The van der Waals surface area contributed by atoms with E-state index >= 15 is 0 Å². The fourth-order valence-corrected chi connectivity index (χ4v) is 0.930. The average Bonchev–Trinajstić information content (AvgIpc) is 2.03. The van der Waals surface area contributed by atoms with Gasteiger partial charge in [-0.25, -0.2) is 8.78 Å². The standard InChI is InChI=1S/C10H16F2/c1-4-6-8(3)7-10(12)9(11)5-2/h7H,4-6H2,1-3H3/b8-7+,10-9-. The van der Waals surface area contributed by atoms with Gasteiger partial charge in [0.25, 0.3) is 0 Å². The zero-order valence-electron chi connectivity index (χ0n) is 7.95. The van der Waals surface area contributed by atoms with Crippen LogP contribution in [0.15, 0.2) is 23.3 Å². The number of halogens is 2. The number of rotatable bonds is 4. The third-order valence-corrected chi connectivity index (χ3v) is 1.59. The maximum absolute atomic E-state index is 12.8. The maximum atomic E-state index is 12.8. The van der Waals surface area contributed by atoms with Gasteiger partial charge in [-0.2, -0.15) is 0 Å². The molecule has 70 valence electrons. The molecule has 0 aliphatic rings. The van der Waals surface area contributed by atoms with Gasteiger partial charge in [-0.05, 0) is 25.8 Å². The van der Waals surface area contributed by atoms with Gasteiger partial charge in [0.05, 0.1) is 0 Å². The van der Waals surface area contributed by atoms with Crippen molar-refractivity contribution in [3.8, 4) is 0 Å². The zero-order chi connectivity index (χ0) is 9.56. The fraction of sp³-hybridized carbons (Fsp3) is 0.600. The molecule has 0 nitrogen and oxygen atoms in total. The van der Waals surface area contributed by atoms with E-state index in [9.17, 15) is 8.78 Å². The highest BCUT2D eigenvalue weighted by Gasteiger charge is 2.00. The van der Waals surface area contributed by atoms with Crippen molar-refractivity contribution in [2.45, 2.75) is 40.0 Å². The lowest BCUT2D eigenvalue weighted by molar-refractivity contribution is 0.531. The van der Waals surface area contributed by atoms with E-state index in [4.69, 9.17) is 0 Å². The van der Waals surface area contributed by atoms with E-state index in [0.29, 0.717) is 0 Å². The molecule has 0 aromatic rings. The summed E-state index contributed by atoms with van der Waals surface area (Å²) < 4.78 is 25.4. The summed E-state index contributed by atoms with van der Waals surface area (Å²) in [4.78, 5) is 0. The van der Waals surface area contributed by atoms with Crippen LogP contribution in [0, 0.1) is 0 Å². The number of hydrogen-bond donors (Lipinski definition) is 0. The first-order valence-corrected chi connectivity index (χ1v) is 4.33. The largest absolute Gasteiger partial charge is 0.209 e. The molecule has 12 heavy (non-hydrogen) atoms. The minimum atomic E-state index is -0.719. The predicted molar refractivity (Wildman–Crippen MR) is 48.2 cm³/mol. The topological polar surface area (TPSA) is 0 Å². The van der Waals surface area contributed by atoms with Crippen LogP contribution in [0.3, 0.4) is 0 Å². The minimum absolute atomic E-state index is 0.127. The van der Waals surface area contributed by atoms with Gasteiger partial charge in [0.1, 0.15) is 5.83 Å². The van der Waals surface area contributed by atoms with Crippen molar-refractivity contribution in [3.05, 3.63) is 23.3 Å². The lowest BCUT2D eigenvalue weighted by Gasteiger charge is -1.97. The first kappa shape index (κ1) is 11.3. The van der Waals surface area contributed by atoms with Crippen LogP contribution in [0.1, 0.15) is 40.0 Å². The number of hydrogen-bond acceptors (Lipinski definition) is 0. The van der Waals surface area contributed by atoms with Gasteiger partial charge in [0, 0.05) is 0 Å². The van der Waals surface area contributed by atoms with E-state index < -0.39 is 11.7 Å². The van der Waals surface area contributed by atoms with Crippen LogP contribution < -0.4 is 0 Å². The third-order valence-electron chi connectivity index (χ3n) is 1.59. The molecule has 0 aromatic heterocycles. The summed E-state index contributed by atoms with van der Waals surface area (Å²) >= 11 is 0. The molecule has 0 spiro atoms. The Morgan fingerprint density at radius 2 is 1.83 bits per heavy atom. The Labute approximate surface area is 73.0 Å². The van der Waals surface area contributed by atoms with Gasteiger partial charge in [-0.1, -0.05) is 25.8 Å². The van der Waals surface area contributed by atoms with Crippen molar-refractivity contribution >= 4 is 0 Å². The summed E-state index contributed by atoms with van der Waals surface area (Å²) in [6, 6.07) is 0. The van der Waals surface area contributed by atoms with Crippen LogP contribution in [-0.2, 0) is 0 Å². The molecule has 0 heterocycles. The molecule has 0 aliphatic carbocycles. The lowest BCUT2D eigenvalue weighted by atomic mass is 10.1. The zero-order valence-corrected chi connectivity index (χ0v) is 7.95. The first-order chi connectivity index (χ1) is 5.61. The third kappa shape index (κ3) is 4.27. The molecule has 0 N–H and O–H groups in total. The molecule has 0 amide bonds. The quantitative estimate of drug-likeness (QED) is 0.557. The molecule has 0 aliphatic heterocycles. The summed E-state index contributed by atoms with van der Waals surface area (Å²) in [5.41, 5.74) is 0.888. The van der Waals surface area contributed by atoms with E-state index in [1.807, 2.05) is 13.8 Å². The molecule has 0 radical (unpaired) electrons. The Hall–Kier alpha value is -0.660. The van der Waals surface area contributed by atoms with Crippen LogP contribution in [-0.4, -0.2) is 0 Å². The Balaban J connectivity index is 4.31. The second kappa shape index (κ2) is 5.92. The molecular formula is C10H16F2. The van der Waals surface area contributed by atoms with Crippen LogP contribution in [0.2, 0.25) is 0 Å². The van der Waals surface area contributed by atoms with Crippen LogP contribution in [0.5, 0.6) is 0 Å². The molecule has 0 unspecified atom stereocenters. The van der Waals surface area contributed by atoms with Crippen molar-refractivity contribution < 1.29 is 8.78 Å². The summed E-state index contributed by atoms with van der Waals surface area (Å²) in [6.07, 6.45) is 3.19. The predicted octanol–water partition coefficient (Wildman–Crippen LogP) is 4.29. The molecule has 2 heteroatoms. The summed E-state index contributed by atoms with van der Waals surface area (Å²) in [5, 5.41) is 0. The van der Waals surface area contributed by atoms with Gasteiger partial charge in [-0.3, -0.25) is 0 Å². The lowest BCUT2D eigenvalue weighted by Crippen LogP contribution is -1.79. The number of allylic oxidation sites excluding steroid dienone is 4. The molecule has 0 bridgehead atoms. The van der Waals surface area contributed by atoms with E-state index in [2.05, 4.69) is 0 Å². The molecule has 0 aromatic carbocycles. The molecule has 0 saturated carbocycles. The molecule has 0 fully saturated rings. The monoisotopic (exact) mass is 174 g/mol. The molecule has 0 saturated heterocycles. The minimum Gasteiger partial charge on any atom is -0.209 e. The van der Waals surface area contributed by atoms with Crippen molar-refractivity contribution in [1.82, 2.24) is 0 Å². The highest BCUT2D eigenvalue weighted by atomic mass is 19.2. The molecule has 0 rings (SSSR count). The van der Waals surface area contributed by atoms with E-state index in [-0.39, 0.29) is 6.42 Å². The highest BCUT2D eigenvalue weighted by Crippen LogP contribution is 2.16. The van der Waals surface area contributed by atoms with E-state index in [0.717, 1.165) is 18.4 Å². The second-order valence-electron chi connectivity index (χ2n) is 2.85. The van der Waals surface area contributed by atoms with Gasteiger partial charge in [-0.15, -0.1) is 0 Å². The van der Waals surface area contributed by atoms with E-state index in [1.54, 1.807) is 6.92 Å². The van der Waals surface area contributed by atoms with Gasteiger partial charge >= 0.3 is 0 Å². The van der Waals surface area contributed by atoms with Crippen molar-refractivity contribution in [2.24, 2.45) is 0 Å². The Kier molecular flexibility index (Phi) is 5.60. The molecular weight excluding hydrogens is 158 g/mol. The smallest absolute Gasteiger partial charge is 0.154 e. The average molecular weight is 174 g/mol.